The third-order valence-corrected chi connectivity index (χ3v) is 4.09. The summed E-state index contributed by atoms with van der Waals surface area (Å²) in [6.07, 6.45) is 0. The molecule has 0 fully saturated rings. The summed E-state index contributed by atoms with van der Waals surface area (Å²) >= 11 is 1.31. The molecule has 0 bridgehead atoms. The lowest BCUT2D eigenvalue weighted by Crippen LogP contribution is -2.04. The molecule has 0 aliphatic rings. The van der Waals surface area contributed by atoms with Gasteiger partial charge in [0, 0.05) is 9.79 Å². The molecule has 0 heterocycles. The number of methoxy groups -OCH3 is 1. The predicted molar refractivity (Wildman–Crippen MR) is 86.5 cm³/mol. The molecule has 0 saturated heterocycles. The highest BCUT2D eigenvalue weighted by molar-refractivity contribution is 7.99. The number of carbonyl (C=O) groups is 2. The van der Waals surface area contributed by atoms with Gasteiger partial charge < -0.3 is 14.6 Å². The Bertz CT molecular complexity index is 709. The molecule has 23 heavy (non-hydrogen) atoms. The van der Waals surface area contributed by atoms with Crippen molar-refractivity contribution in [1.82, 2.24) is 0 Å². The highest BCUT2D eigenvalue weighted by Crippen LogP contribution is 2.32. The van der Waals surface area contributed by atoms with E-state index in [1.165, 1.54) is 24.9 Å². The predicted octanol–water partition coefficient (Wildman–Crippen LogP) is 3.72. The van der Waals surface area contributed by atoms with Crippen molar-refractivity contribution in [2.45, 2.75) is 16.7 Å². The van der Waals surface area contributed by atoms with Gasteiger partial charge in [0.15, 0.2) is 0 Å². The van der Waals surface area contributed by atoms with Crippen LogP contribution in [0.4, 0.5) is 0 Å². The fourth-order valence-electron chi connectivity index (χ4n) is 1.89. The van der Waals surface area contributed by atoms with Gasteiger partial charge in [-0.15, -0.1) is 0 Å². The molecule has 0 aliphatic carbocycles. The van der Waals surface area contributed by atoms with E-state index in [4.69, 9.17) is 9.47 Å². The number of carboxylic acid groups (broad SMARTS) is 1. The van der Waals surface area contributed by atoms with Gasteiger partial charge in [0.2, 0.25) is 0 Å². The van der Waals surface area contributed by atoms with Crippen LogP contribution in [0.1, 0.15) is 27.6 Å². The minimum Gasteiger partial charge on any atom is -0.497 e. The largest absolute Gasteiger partial charge is 0.497 e. The van der Waals surface area contributed by atoms with Gasteiger partial charge in [0.1, 0.15) is 5.75 Å². The fourth-order valence-corrected chi connectivity index (χ4v) is 2.81. The van der Waals surface area contributed by atoms with Gasteiger partial charge in [-0.25, -0.2) is 9.59 Å². The Labute approximate surface area is 138 Å². The molecule has 0 saturated carbocycles. The summed E-state index contributed by atoms with van der Waals surface area (Å²) in [4.78, 5) is 24.4. The van der Waals surface area contributed by atoms with Gasteiger partial charge in [-0.1, -0.05) is 11.8 Å². The first kappa shape index (κ1) is 16.9. The van der Waals surface area contributed by atoms with Crippen LogP contribution in [0.25, 0.3) is 0 Å². The van der Waals surface area contributed by atoms with Crippen LogP contribution in [0.2, 0.25) is 0 Å². The van der Waals surface area contributed by atoms with Crippen molar-refractivity contribution >= 4 is 23.7 Å². The molecule has 5 nitrogen and oxygen atoms in total. The fraction of sp³-hybridized carbons (Fsp3) is 0.176. The second-order valence-corrected chi connectivity index (χ2v) is 5.63. The summed E-state index contributed by atoms with van der Waals surface area (Å²) in [6.45, 7) is 2.07. The molecule has 2 aromatic rings. The van der Waals surface area contributed by atoms with Gasteiger partial charge in [0.05, 0.1) is 24.8 Å². The molecule has 0 aromatic heterocycles. The second-order valence-electron chi connectivity index (χ2n) is 4.51. The Morgan fingerprint density at radius 3 is 2.39 bits per heavy atom. The van der Waals surface area contributed by atoms with E-state index in [0.29, 0.717) is 22.8 Å². The third kappa shape index (κ3) is 4.26. The van der Waals surface area contributed by atoms with Crippen molar-refractivity contribution in [1.29, 1.82) is 0 Å². The van der Waals surface area contributed by atoms with Crippen LogP contribution < -0.4 is 4.74 Å². The number of carbonyl (C=O) groups excluding carboxylic acids is 1. The minimum absolute atomic E-state index is 0.170. The van der Waals surface area contributed by atoms with Crippen LogP contribution >= 0.6 is 11.8 Å². The van der Waals surface area contributed by atoms with Crippen LogP contribution in [-0.2, 0) is 4.74 Å². The van der Waals surface area contributed by atoms with Crippen molar-refractivity contribution in [2.24, 2.45) is 0 Å². The average Bonchev–Trinajstić information content (AvgIpc) is 2.56. The summed E-state index contributed by atoms with van der Waals surface area (Å²) in [5.74, 6) is -0.904. The van der Waals surface area contributed by atoms with E-state index in [1.54, 1.807) is 43.3 Å². The molecule has 0 radical (unpaired) electrons. The van der Waals surface area contributed by atoms with Gasteiger partial charge >= 0.3 is 11.9 Å². The Morgan fingerprint density at radius 1 is 1.13 bits per heavy atom. The SMILES string of the molecule is CCOC(=O)c1ccc(Sc2ccc(OC)cc2C(=O)O)cc1. The number of ether oxygens (including phenoxy) is 2. The quantitative estimate of drug-likeness (QED) is 0.813. The molecule has 0 atom stereocenters. The molecule has 6 heteroatoms. The van der Waals surface area contributed by atoms with Crippen LogP contribution in [-0.4, -0.2) is 30.8 Å². The minimum atomic E-state index is -1.02. The van der Waals surface area contributed by atoms with Crippen LogP contribution in [0.3, 0.4) is 0 Å². The number of benzene rings is 2. The smallest absolute Gasteiger partial charge is 0.338 e. The highest BCUT2D eigenvalue weighted by atomic mass is 32.2. The summed E-state index contributed by atoms with van der Waals surface area (Å²) in [6, 6.07) is 11.7. The van der Waals surface area contributed by atoms with Crippen molar-refractivity contribution < 1.29 is 24.2 Å². The van der Waals surface area contributed by atoms with Gasteiger partial charge in [0.25, 0.3) is 0 Å². The van der Waals surface area contributed by atoms with E-state index in [2.05, 4.69) is 0 Å². The van der Waals surface area contributed by atoms with Gasteiger partial charge in [-0.05, 0) is 49.4 Å². The number of esters is 1. The molecule has 2 aromatic carbocycles. The maximum Gasteiger partial charge on any atom is 0.338 e. The zero-order chi connectivity index (χ0) is 16.8. The van der Waals surface area contributed by atoms with E-state index >= 15 is 0 Å². The third-order valence-electron chi connectivity index (χ3n) is 3.01. The molecule has 2 rings (SSSR count). The molecular formula is C17H16O5S. The van der Waals surface area contributed by atoms with Crippen molar-refractivity contribution in [3.05, 3.63) is 53.6 Å². The lowest BCUT2D eigenvalue weighted by Gasteiger charge is -2.08. The summed E-state index contributed by atoms with van der Waals surface area (Å²) in [5, 5.41) is 9.31. The van der Waals surface area contributed by atoms with Gasteiger partial charge in [-0.3, -0.25) is 0 Å². The average molecular weight is 332 g/mol. The van der Waals surface area contributed by atoms with Crippen LogP contribution in [0.15, 0.2) is 52.3 Å². The standard InChI is InChI=1S/C17H16O5S/c1-3-22-17(20)11-4-7-13(8-5-11)23-15-9-6-12(21-2)10-14(15)16(18)19/h4-10H,3H2,1-2H3,(H,18,19). The first-order valence-corrected chi connectivity index (χ1v) is 7.73. The number of hydrogen-bond acceptors (Lipinski definition) is 5. The van der Waals surface area contributed by atoms with Crippen molar-refractivity contribution in [3.63, 3.8) is 0 Å². The van der Waals surface area contributed by atoms with E-state index in [9.17, 15) is 14.7 Å². The highest BCUT2D eigenvalue weighted by Gasteiger charge is 2.13. The monoisotopic (exact) mass is 332 g/mol. The Kier molecular flexibility index (Phi) is 5.65. The molecule has 0 spiro atoms. The summed E-state index contributed by atoms with van der Waals surface area (Å²) in [5.41, 5.74) is 0.633. The maximum atomic E-state index is 11.6. The van der Waals surface area contributed by atoms with E-state index in [1.807, 2.05) is 0 Å². The Balaban J connectivity index is 2.22. The molecule has 0 amide bonds. The lowest BCUT2D eigenvalue weighted by atomic mass is 10.2. The number of aromatic carboxylic acids is 1. The van der Waals surface area contributed by atoms with E-state index < -0.39 is 5.97 Å². The second kappa shape index (κ2) is 7.69. The number of carboxylic acids is 1. The molecule has 0 aliphatic heterocycles. The first-order chi connectivity index (χ1) is 11.0. The maximum absolute atomic E-state index is 11.6. The lowest BCUT2D eigenvalue weighted by molar-refractivity contribution is 0.0525. The van der Waals surface area contributed by atoms with Crippen molar-refractivity contribution in [2.75, 3.05) is 13.7 Å². The van der Waals surface area contributed by atoms with Crippen LogP contribution in [0.5, 0.6) is 5.75 Å². The first-order valence-electron chi connectivity index (χ1n) is 6.91. The van der Waals surface area contributed by atoms with Crippen molar-refractivity contribution in [3.8, 4) is 5.75 Å². The van der Waals surface area contributed by atoms with Crippen LogP contribution in [0, 0.1) is 0 Å². The zero-order valence-electron chi connectivity index (χ0n) is 12.7. The topological polar surface area (TPSA) is 72.8 Å². The number of rotatable bonds is 6. The van der Waals surface area contributed by atoms with E-state index in [0.717, 1.165) is 4.90 Å². The molecule has 1 N–H and O–H groups in total. The Hall–Kier alpha value is -2.47. The molecule has 0 unspecified atom stereocenters. The normalized spacial score (nSPS) is 10.2. The Morgan fingerprint density at radius 2 is 1.83 bits per heavy atom. The van der Waals surface area contributed by atoms with E-state index in [-0.39, 0.29) is 11.5 Å². The zero-order valence-corrected chi connectivity index (χ0v) is 13.6. The number of hydrogen-bond donors (Lipinski definition) is 1. The molecular weight excluding hydrogens is 316 g/mol. The summed E-state index contributed by atoms with van der Waals surface area (Å²) in [7, 11) is 1.49. The van der Waals surface area contributed by atoms with Gasteiger partial charge in [-0.2, -0.15) is 0 Å². The summed E-state index contributed by atoms with van der Waals surface area (Å²) < 4.78 is 9.98. The molecule has 120 valence electrons.